The molecule has 1 aromatic heterocycles. The molecule has 0 atom stereocenters. The van der Waals surface area contributed by atoms with Crippen LogP contribution in [0, 0.1) is 6.92 Å². The van der Waals surface area contributed by atoms with Crippen molar-refractivity contribution in [1.29, 1.82) is 0 Å². The molecule has 2 aromatic rings. The lowest BCUT2D eigenvalue weighted by Gasteiger charge is -2.32. The summed E-state index contributed by atoms with van der Waals surface area (Å²) in [4.78, 5) is 6.55. The van der Waals surface area contributed by atoms with Crippen LogP contribution in [-0.4, -0.2) is 36.2 Å². The summed E-state index contributed by atoms with van der Waals surface area (Å²) in [6.07, 6.45) is 1.82. The maximum Gasteiger partial charge on any atom is 0.128 e. The third-order valence-corrected chi connectivity index (χ3v) is 3.23. The minimum atomic E-state index is 0.913. The van der Waals surface area contributed by atoms with E-state index in [1.54, 1.807) is 0 Å². The van der Waals surface area contributed by atoms with Gasteiger partial charge in [0.2, 0.25) is 0 Å². The van der Waals surface area contributed by atoms with E-state index in [2.05, 4.69) is 42.1 Å². The van der Waals surface area contributed by atoms with Gasteiger partial charge in [0.05, 0.1) is 0 Å². The second kappa shape index (κ2) is 10.5. The third-order valence-electron chi connectivity index (χ3n) is 3.23. The van der Waals surface area contributed by atoms with Gasteiger partial charge in [0.25, 0.3) is 0 Å². The first-order chi connectivity index (χ1) is 10.8. The van der Waals surface area contributed by atoms with Gasteiger partial charge >= 0.3 is 0 Å². The second-order valence-electron chi connectivity index (χ2n) is 4.87. The summed E-state index contributed by atoms with van der Waals surface area (Å²) in [5, 5.41) is 1.85. The third kappa shape index (κ3) is 6.52. The fraction of sp³-hybridized carbons (Fsp3) is 0.278. The van der Waals surface area contributed by atoms with Gasteiger partial charge in [-0.1, -0.05) is 42.0 Å². The Kier molecular flexibility index (Phi) is 8.57. The fourth-order valence-corrected chi connectivity index (χ4v) is 2.03. The van der Waals surface area contributed by atoms with Gasteiger partial charge in [0, 0.05) is 32.4 Å². The second-order valence-corrected chi connectivity index (χ2v) is 4.87. The van der Waals surface area contributed by atoms with Crippen molar-refractivity contribution in [3.05, 3.63) is 73.4 Å². The molecule has 1 fully saturated rings. The highest BCUT2D eigenvalue weighted by atomic mass is 15.4. The van der Waals surface area contributed by atoms with Crippen LogP contribution in [0.15, 0.2) is 67.9 Å². The number of hydrazine groups is 1. The average Bonchev–Trinajstić information content (AvgIpc) is 2.59. The Balaban J connectivity index is 0.000000228. The summed E-state index contributed by atoms with van der Waals surface area (Å²) in [6, 6.07) is 16.2. The van der Waals surface area contributed by atoms with Gasteiger partial charge in [0.15, 0.2) is 0 Å². The molecule has 0 unspecified atom stereocenters. The first-order valence-electron chi connectivity index (χ1n) is 7.43. The van der Waals surface area contributed by atoms with Crippen LogP contribution in [0.25, 0.3) is 0 Å². The van der Waals surface area contributed by atoms with Gasteiger partial charge in [-0.25, -0.2) is 9.99 Å². The molecule has 1 aliphatic heterocycles. The van der Waals surface area contributed by atoms with Crippen LogP contribution in [0.4, 0.5) is 5.82 Å². The Bertz CT molecular complexity index is 493. The van der Waals surface area contributed by atoms with Gasteiger partial charge in [-0.2, -0.15) is 0 Å². The number of piperazine rings is 1. The zero-order valence-corrected chi connectivity index (χ0v) is 13.4. The molecular formula is C18H26N4. The van der Waals surface area contributed by atoms with Gasteiger partial charge in [-0.15, -0.1) is 13.2 Å². The van der Waals surface area contributed by atoms with E-state index in [-0.39, 0.29) is 0 Å². The molecule has 0 saturated carbocycles. The van der Waals surface area contributed by atoms with Crippen LogP contribution >= 0.6 is 0 Å². The van der Waals surface area contributed by atoms with E-state index in [1.807, 2.05) is 47.6 Å². The molecule has 1 aromatic carbocycles. The number of anilines is 1. The first kappa shape index (κ1) is 17.9. The zero-order valence-electron chi connectivity index (χ0n) is 13.4. The van der Waals surface area contributed by atoms with Crippen LogP contribution in [0.3, 0.4) is 0 Å². The van der Waals surface area contributed by atoms with E-state index in [0.29, 0.717) is 0 Å². The van der Waals surface area contributed by atoms with Crippen molar-refractivity contribution in [2.24, 2.45) is 5.84 Å². The van der Waals surface area contributed by atoms with Crippen molar-refractivity contribution in [2.75, 3.05) is 31.1 Å². The Labute approximate surface area is 133 Å². The fourth-order valence-electron chi connectivity index (χ4n) is 2.03. The van der Waals surface area contributed by atoms with Crippen LogP contribution in [-0.2, 0) is 0 Å². The average molecular weight is 298 g/mol. The Morgan fingerprint density at radius 3 is 1.95 bits per heavy atom. The minimum Gasteiger partial charge on any atom is -0.354 e. The number of rotatable bonds is 1. The molecular weight excluding hydrogens is 272 g/mol. The predicted octanol–water partition coefficient (Wildman–Crippen LogP) is 2.87. The van der Waals surface area contributed by atoms with E-state index < -0.39 is 0 Å². The van der Waals surface area contributed by atoms with Gasteiger partial charge in [-0.3, -0.25) is 5.84 Å². The number of nitrogens with zero attached hydrogens (tertiary/aromatic N) is 3. The number of aryl methyl sites for hydroxylation is 1. The van der Waals surface area contributed by atoms with E-state index in [4.69, 9.17) is 5.84 Å². The summed E-state index contributed by atoms with van der Waals surface area (Å²) in [5.41, 5.74) is 1.32. The van der Waals surface area contributed by atoms with Gasteiger partial charge in [0.1, 0.15) is 5.82 Å². The molecule has 1 aliphatic rings. The van der Waals surface area contributed by atoms with E-state index in [1.165, 1.54) is 5.56 Å². The highest BCUT2D eigenvalue weighted by molar-refractivity contribution is 5.38. The summed E-state index contributed by atoms with van der Waals surface area (Å²) >= 11 is 0. The zero-order chi connectivity index (χ0) is 16.2. The molecule has 22 heavy (non-hydrogen) atoms. The maximum atomic E-state index is 5.66. The number of benzene rings is 1. The molecule has 0 spiro atoms. The SMILES string of the molecule is C=C.Cc1ccccc1.NN1CCN(c2ccccn2)CC1. The van der Waals surface area contributed by atoms with Crippen molar-refractivity contribution in [3.8, 4) is 0 Å². The molecule has 1 saturated heterocycles. The summed E-state index contributed by atoms with van der Waals surface area (Å²) in [5.74, 6) is 6.71. The maximum absolute atomic E-state index is 5.66. The molecule has 0 radical (unpaired) electrons. The topological polar surface area (TPSA) is 45.4 Å². The standard InChI is InChI=1S/C9H14N4.C7H8.C2H4/c10-13-7-5-12(6-8-13)9-3-1-2-4-11-9;1-7-5-3-2-4-6-7;1-2/h1-4H,5-8,10H2;2-6H,1H3;1-2H2. The molecule has 4 nitrogen and oxygen atoms in total. The molecule has 118 valence electrons. The quantitative estimate of drug-likeness (QED) is 0.649. The minimum absolute atomic E-state index is 0.913. The lowest BCUT2D eigenvalue weighted by atomic mass is 10.2. The van der Waals surface area contributed by atoms with Crippen LogP contribution < -0.4 is 10.7 Å². The molecule has 2 heterocycles. The normalized spacial score (nSPS) is 14.2. The molecule has 4 heteroatoms. The lowest BCUT2D eigenvalue weighted by molar-refractivity contribution is 0.265. The predicted molar refractivity (Wildman–Crippen MR) is 94.6 cm³/mol. The van der Waals surface area contributed by atoms with Crippen LogP contribution in [0.5, 0.6) is 0 Å². The molecule has 0 bridgehead atoms. The Hall–Kier alpha value is -2.17. The molecule has 0 amide bonds. The molecule has 2 N–H and O–H groups in total. The van der Waals surface area contributed by atoms with Gasteiger partial charge < -0.3 is 4.90 Å². The van der Waals surface area contributed by atoms with Crippen molar-refractivity contribution >= 4 is 5.82 Å². The first-order valence-corrected chi connectivity index (χ1v) is 7.43. The number of hydrogen-bond donors (Lipinski definition) is 1. The van der Waals surface area contributed by atoms with Crippen molar-refractivity contribution in [2.45, 2.75) is 6.92 Å². The lowest BCUT2D eigenvalue weighted by Crippen LogP contribution is -2.49. The van der Waals surface area contributed by atoms with E-state index in [9.17, 15) is 0 Å². The number of hydrogen-bond acceptors (Lipinski definition) is 4. The summed E-state index contributed by atoms with van der Waals surface area (Å²) in [6.45, 7) is 11.8. The molecule has 3 rings (SSSR count). The van der Waals surface area contributed by atoms with E-state index >= 15 is 0 Å². The number of pyridine rings is 1. The Morgan fingerprint density at radius 2 is 1.50 bits per heavy atom. The monoisotopic (exact) mass is 298 g/mol. The van der Waals surface area contributed by atoms with Gasteiger partial charge in [-0.05, 0) is 19.1 Å². The largest absolute Gasteiger partial charge is 0.354 e. The molecule has 0 aliphatic carbocycles. The van der Waals surface area contributed by atoms with Crippen LogP contribution in [0.1, 0.15) is 5.56 Å². The van der Waals surface area contributed by atoms with Crippen molar-refractivity contribution in [3.63, 3.8) is 0 Å². The smallest absolute Gasteiger partial charge is 0.128 e. The summed E-state index contributed by atoms with van der Waals surface area (Å²) < 4.78 is 0. The van der Waals surface area contributed by atoms with Crippen molar-refractivity contribution in [1.82, 2.24) is 9.99 Å². The highest BCUT2D eigenvalue weighted by Crippen LogP contribution is 2.10. The van der Waals surface area contributed by atoms with Crippen LogP contribution in [0.2, 0.25) is 0 Å². The number of aromatic nitrogens is 1. The van der Waals surface area contributed by atoms with Crippen molar-refractivity contribution < 1.29 is 0 Å². The Morgan fingerprint density at radius 1 is 0.909 bits per heavy atom. The highest BCUT2D eigenvalue weighted by Gasteiger charge is 2.14. The number of nitrogens with two attached hydrogens (primary N) is 1. The van der Waals surface area contributed by atoms with E-state index in [0.717, 1.165) is 32.0 Å². The summed E-state index contributed by atoms with van der Waals surface area (Å²) in [7, 11) is 0.